The van der Waals surface area contributed by atoms with Crippen LogP contribution in [-0.2, 0) is 11.0 Å². The highest BCUT2D eigenvalue weighted by atomic mass is 35.5. The molecule has 0 aliphatic carbocycles. The van der Waals surface area contributed by atoms with Gasteiger partial charge in [0.1, 0.15) is 23.2 Å². The van der Waals surface area contributed by atoms with E-state index in [1.54, 1.807) is 30.3 Å². The molecule has 0 bridgehead atoms. The smallest absolute Gasteiger partial charge is 0.416 e. The van der Waals surface area contributed by atoms with Crippen molar-refractivity contribution in [1.29, 1.82) is 5.26 Å². The van der Waals surface area contributed by atoms with Gasteiger partial charge in [-0.05, 0) is 48.5 Å². The zero-order valence-electron chi connectivity index (χ0n) is 14.9. The number of nitriles is 1. The zero-order chi connectivity index (χ0) is 21.9. The Balaban J connectivity index is 1.83. The van der Waals surface area contributed by atoms with Gasteiger partial charge in [-0.25, -0.2) is 0 Å². The van der Waals surface area contributed by atoms with Crippen LogP contribution < -0.4 is 5.32 Å². The average molecular weight is 451 g/mol. The molecule has 152 valence electrons. The number of anilines is 1. The van der Waals surface area contributed by atoms with Gasteiger partial charge in [0, 0.05) is 22.3 Å². The summed E-state index contributed by atoms with van der Waals surface area (Å²) in [6, 6.07) is 13.7. The number of nitrogens with zero attached hydrogens (tertiary/aromatic N) is 1. The quantitative estimate of drug-likeness (QED) is 0.350. The molecule has 2 aromatic carbocycles. The largest absolute Gasteiger partial charge is 0.457 e. The van der Waals surface area contributed by atoms with E-state index in [9.17, 15) is 23.2 Å². The monoisotopic (exact) mass is 450 g/mol. The number of benzene rings is 2. The number of furan rings is 1. The molecular formula is C21H11Cl2F3N2O2. The van der Waals surface area contributed by atoms with Crippen molar-refractivity contribution in [3.05, 3.63) is 81.5 Å². The number of halogens is 5. The molecule has 0 aliphatic heterocycles. The van der Waals surface area contributed by atoms with Crippen LogP contribution in [0.2, 0.25) is 10.0 Å². The Labute approximate surface area is 179 Å². The maximum atomic E-state index is 12.8. The van der Waals surface area contributed by atoms with Crippen LogP contribution >= 0.6 is 23.2 Å². The van der Waals surface area contributed by atoms with E-state index in [1.165, 1.54) is 18.2 Å². The van der Waals surface area contributed by atoms with Crippen LogP contribution in [0.5, 0.6) is 0 Å². The first kappa shape index (κ1) is 21.5. The highest BCUT2D eigenvalue weighted by Gasteiger charge is 2.30. The topological polar surface area (TPSA) is 66.0 Å². The summed E-state index contributed by atoms with van der Waals surface area (Å²) in [5.41, 5.74) is -0.847. The van der Waals surface area contributed by atoms with E-state index >= 15 is 0 Å². The molecule has 0 spiro atoms. The molecule has 0 aliphatic rings. The van der Waals surface area contributed by atoms with Crippen LogP contribution in [0, 0.1) is 11.3 Å². The Morgan fingerprint density at radius 1 is 1.10 bits per heavy atom. The van der Waals surface area contributed by atoms with Gasteiger partial charge in [0.2, 0.25) is 0 Å². The molecule has 0 fully saturated rings. The number of alkyl halides is 3. The lowest BCUT2D eigenvalue weighted by Gasteiger charge is -2.09. The Bertz CT molecular complexity index is 1180. The number of rotatable bonds is 4. The Kier molecular flexibility index (Phi) is 6.20. The predicted octanol–water partition coefficient (Wildman–Crippen LogP) is 6.82. The van der Waals surface area contributed by atoms with Gasteiger partial charge in [-0.3, -0.25) is 4.79 Å². The van der Waals surface area contributed by atoms with Crippen LogP contribution in [0.3, 0.4) is 0 Å². The van der Waals surface area contributed by atoms with Crippen molar-refractivity contribution in [2.75, 3.05) is 5.32 Å². The van der Waals surface area contributed by atoms with Crippen molar-refractivity contribution in [2.45, 2.75) is 6.18 Å². The number of hydrogen-bond acceptors (Lipinski definition) is 3. The second-order valence-corrected chi connectivity index (χ2v) is 6.87. The zero-order valence-corrected chi connectivity index (χ0v) is 16.4. The predicted molar refractivity (Wildman–Crippen MR) is 108 cm³/mol. The SMILES string of the molecule is N#CC(=Cc1ccc(-c2cc(Cl)ccc2Cl)o1)C(=O)Nc1cccc(C(F)(F)F)c1. The van der Waals surface area contributed by atoms with Crippen LogP contribution in [0.15, 0.2) is 64.6 Å². The fourth-order valence-electron chi connectivity index (χ4n) is 2.52. The van der Waals surface area contributed by atoms with Crippen molar-refractivity contribution in [2.24, 2.45) is 0 Å². The van der Waals surface area contributed by atoms with E-state index in [0.717, 1.165) is 18.2 Å². The molecule has 1 N–H and O–H groups in total. The molecule has 1 heterocycles. The number of carbonyl (C=O) groups excluding carboxylic acids is 1. The Morgan fingerprint density at radius 2 is 1.87 bits per heavy atom. The number of amides is 1. The summed E-state index contributed by atoms with van der Waals surface area (Å²) in [5.74, 6) is -0.336. The van der Waals surface area contributed by atoms with E-state index in [-0.39, 0.29) is 17.0 Å². The molecule has 3 aromatic rings. The molecule has 3 rings (SSSR count). The molecule has 0 saturated carbocycles. The summed E-state index contributed by atoms with van der Waals surface area (Å²) in [6.45, 7) is 0. The number of hydrogen-bond donors (Lipinski definition) is 1. The maximum absolute atomic E-state index is 12.8. The number of carbonyl (C=O) groups is 1. The van der Waals surface area contributed by atoms with Crippen molar-refractivity contribution >= 4 is 40.9 Å². The summed E-state index contributed by atoms with van der Waals surface area (Å²) in [7, 11) is 0. The molecule has 1 aromatic heterocycles. The van der Waals surface area contributed by atoms with Crippen LogP contribution in [0.1, 0.15) is 11.3 Å². The van der Waals surface area contributed by atoms with Gasteiger partial charge in [0.25, 0.3) is 5.91 Å². The highest BCUT2D eigenvalue weighted by Crippen LogP contribution is 2.33. The third kappa shape index (κ3) is 5.03. The summed E-state index contributed by atoms with van der Waals surface area (Å²) in [6.07, 6.45) is -3.38. The molecule has 4 nitrogen and oxygen atoms in total. The lowest BCUT2D eigenvalue weighted by molar-refractivity contribution is -0.137. The van der Waals surface area contributed by atoms with Crippen LogP contribution in [0.25, 0.3) is 17.4 Å². The lowest BCUT2D eigenvalue weighted by Crippen LogP contribution is -2.14. The van der Waals surface area contributed by atoms with Crippen LogP contribution in [0.4, 0.5) is 18.9 Å². The molecule has 0 radical (unpaired) electrons. The lowest BCUT2D eigenvalue weighted by atomic mass is 10.1. The Morgan fingerprint density at radius 3 is 2.57 bits per heavy atom. The first-order valence-corrected chi connectivity index (χ1v) is 9.08. The van der Waals surface area contributed by atoms with E-state index in [2.05, 4.69) is 5.32 Å². The first-order valence-electron chi connectivity index (χ1n) is 8.33. The maximum Gasteiger partial charge on any atom is 0.416 e. The molecule has 0 unspecified atom stereocenters. The molecular weight excluding hydrogens is 440 g/mol. The van der Waals surface area contributed by atoms with Gasteiger partial charge in [-0.1, -0.05) is 29.3 Å². The minimum absolute atomic E-state index is 0.0955. The standard InChI is InChI=1S/C21H11Cl2F3N2O2/c22-14-4-6-18(23)17(10-14)19-7-5-16(30-19)8-12(11-27)20(29)28-15-3-1-2-13(9-15)21(24,25)26/h1-10H,(H,28,29). The number of nitrogens with one attached hydrogen (secondary N) is 1. The first-order chi connectivity index (χ1) is 14.2. The van der Waals surface area contributed by atoms with Crippen LogP contribution in [-0.4, -0.2) is 5.91 Å². The van der Waals surface area contributed by atoms with Crippen molar-refractivity contribution in [1.82, 2.24) is 0 Å². The average Bonchev–Trinajstić information content (AvgIpc) is 3.16. The third-order valence-electron chi connectivity index (χ3n) is 3.92. The summed E-state index contributed by atoms with van der Waals surface area (Å²) in [5, 5.41) is 12.4. The van der Waals surface area contributed by atoms with E-state index in [4.69, 9.17) is 27.6 Å². The Hall–Kier alpha value is -3.21. The molecule has 0 saturated heterocycles. The third-order valence-corrected chi connectivity index (χ3v) is 4.48. The summed E-state index contributed by atoms with van der Waals surface area (Å²) in [4.78, 5) is 12.3. The second-order valence-electron chi connectivity index (χ2n) is 6.03. The minimum atomic E-state index is -4.55. The molecule has 1 amide bonds. The van der Waals surface area contributed by atoms with E-state index in [0.29, 0.717) is 21.4 Å². The van der Waals surface area contributed by atoms with Gasteiger partial charge in [-0.2, -0.15) is 18.4 Å². The summed E-state index contributed by atoms with van der Waals surface area (Å²) < 4.78 is 44.0. The van der Waals surface area contributed by atoms with Gasteiger partial charge in [0.15, 0.2) is 0 Å². The summed E-state index contributed by atoms with van der Waals surface area (Å²) >= 11 is 12.1. The minimum Gasteiger partial charge on any atom is -0.457 e. The fraction of sp³-hybridized carbons (Fsp3) is 0.0476. The van der Waals surface area contributed by atoms with Gasteiger partial charge in [0.05, 0.1) is 10.6 Å². The van der Waals surface area contributed by atoms with E-state index < -0.39 is 17.6 Å². The highest BCUT2D eigenvalue weighted by molar-refractivity contribution is 6.35. The fourth-order valence-corrected chi connectivity index (χ4v) is 2.91. The van der Waals surface area contributed by atoms with Crippen molar-refractivity contribution < 1.29 is 22.4 Å². The normalized spacial score (nSPS) is 11.8. The second kappa shape index (κ2) is 8.66. The van der Waals surface area contributed by atoms with E-state index in [1.807, 2.05) is 0 Å². The van der Waals surface area contributed by atoms with Crippen molar-refractivity contribution in [3.8, 4) is 17.4 Å². The molecule has 9 heteroatoms. The van der Waals surface area contributed by atoms with Gasteiger partial charge < -0.3 is 9.73 Å². The molecule has 30 heavy (non-hydrogen) atoms. The van der Waals surface area contributed by atoms with Gasteiger partial charge >= 0.3 is 6.18 Å². The van der Waals surface area contributed by atoms with Gasteiger partial charge in [-0.15, -0.1) is 0 Å². The van der Waals surface area contributed by atoms with Crippen molar-refractivity contribution in [3.63, 3.8) is 0 Å². The molecule has 0 atom stereocenters.